The van der Waals surface area contributed by atoms with E-state index in [0.717, 1.165) is 24.6 Å². The van der Waals surface area contributed by atoms with Gasteiger partial charge >= 0.3 is 0 Å². The van der Waals surface area contributed by atoms with E-state index < -0.39 is 0 Å². The molecule has 0 atom stereocenters. The van der Waals surface area contributed by atoms with Crippen molar-refractivity contribution in [1.29, 1.82) is 0 Å². The Balaban J connectivity index is 2.55. The van der Waals surface area contributed by atoms with E-state index in [4.69, 9.17) is 16.3 Å². The van der Waals surface area contributed by atoms with Crippen LogP contribution in [0.15, 0.2) is 18.2 Å². The van der Waals surface area contributed by atoms with Gasteiger partial charge in [0.25, 0.3) is 0 Å². The van der Waals surface area contributed by atoms with E-state index in [9.17, 15) is 4.79 Å². The minimum Gasteiger partial charge on any atom is -0.493 e. The van der Waals surface area contributed by atoms with Gasteiger partial charge in [-0.1, -0.05) is 27.5 Å². The number of halogens is 2. The quantitative estimate of drug-likeness (QED) is 0.420. The fraction of sp³-hybridized carbons (Fsp3) is 0.462. The van der Waals surface area contributed by atoms with Crippen molar-refractivity contribution in [1.82, 2.24) is 0 Å². The van der Waals surface area contributed by atoms with E-state index >= 15 is 0 Å². The molecule has 0 aliphatic rings. The second-order valence-corrected chi connectivity index (χ2v) is 5.02. The van der Waals surface area contributed by atoms with Crippen molar-refractivity contribution in [3.63, 3.8) is 0 Å². The van der Waals surface area contributed by atoms with Crippen LogP contribution in [0.1, 0.15) is 36.5 Å². The van der Waals surface area contributed by atoms with Crippen molar-refractivity contribution in [2.24, 2.45) is 0 Å². The molecule has 94 valence electrons. The maximum Gasteiger partial charge on any atom is 0.163 e. The molecule has 0 fully saturated rings. The highest BCUT2D eigenvalue weighted by Gasteiger charge is 2.08. The molecule has 4 heteroatoms. The van der Waals surface area contributed by atoms with Crippen molar-refractivity contribution < 1.29 is 9.53 Å². The molecule has 0 aromatic heterocycles. The lowest BCUT2D eigenvalue weighted by molar-refractivity contribution is 0.101. The number of benzene rings is 1. The summed E-state index contributed by atoms with van der Waals surface area (Å²) in [6.07, 6.45) is 3.25. The molecule has 0 amide bonds. The summed E-state index contributed by atoms with van der Waals surface area (Å²) >= 11 is 9.24. The van der Waals surface area contributed by atoms with Gasteiger partial charge in [-0.25, -0.2) is 0 Å². The first-order valence-electron chi connectivity index (χ1n) is 5.64. The highest BCUT2D eigenvalue weighted by Crippen LogP contribution is 2.23. The second kappa shape index (κ2) is 7.72. The number of hydrogen-bond acceptors (Lipinski definition) is 2. The predicted molar refractivity (Wildman–Crippen MR) is 74.6 cm³/mol. The van der Waals surface area contributed by atoms with E-state index in [2.05, 4.69) is 15.9 Å². The summed E-state index contributed by atoms with van der Waals surface area (Å²) in [7, 11) is 0. The lowest BCUT2D eigenvalue weighted by Gasteiger charge is -2.09. The number of unbranched alkanes of at least 4 members (excludes halogenated alkanes) is 2. The molecular weight excluding hydrogens is 303 g/mol. The molecule has 1 aromatic rings. The number of carbonyl (C=O) groups is 1. The molecular formula is C13H16BrClO2. The number of ether oxygens (including phenoxy) is 1. The Morgan fingerprint density at radius 2 is 2.12 bits per heavy atom. The van der Waals surface area contributed by atoms with E-state index in [0.29, 0.717) is 22.9 Å². The summed E-state index contributed by atoms with van der Waals surface area (Å²) in [6.45, 7) is 2.15. The number of rotatable bonds is 7. The standard InChI is InChI=1S/C13H16BrClO2/c1-10(16)12-9-11(15)5-6-13(12)17-8-4-2-3-7-14/h5-6,9H,2-4,7-8H2,1H3. The number of alkyl halides is 1. The van der Waals surface area contributed by atoms with Gasteiger partial charge in [0.15, 0.2) is 5.78 Å². The van der Waals surface area contributed by atoms with Crippen LogP contribution < -0.4 is 4.74 Å². The van der Waals surface area contributed by atoms with Crippen molar-refractivity contribution in [3.05, 3.63) is 28.8 Å². The van der Waals surface area contributed by atoms with Gasteiger partial charge in [0.1, 0.15) is 5.75 Å². The molecule has 17 heavy (non-hydrogen) atoms. The van der Waals surface area contributed by atoms with Crippen LogP contribution in [-0.2, 0) is 0 Å². The normalized spacial score (nSPS) is 10.3. The maximum absolute atomic E-state index is 11.4. The average molecular weight is 320 g/mol. The van der Waals surface area contributed by atoms with E-state index in [1.54, 1.807) is 18.2 Å². The Kier molecular flexibility index (Phi) is 6.60. The Morgan fingerprint density at radius 1 is 1.35 bits per heavy atom. The van der Waals surface area contributed by atoms with Crippen molar-refractivity contribution in [2.75, 3.05) is 11.9 Å². The molecule has 0 bridgehead atoms. The molecule has 0 heterocycles. The molecule has 1 aromatic carbocycles. The molecule has 0 saturated heterocycles. The van der Waals surface area contributed by atoms with Crippen LogP contribution in [0.25, 0.3) is 0 Å². The fourth-order valence-corrected chi connectivity index (χ4v) is 2.03. The third-order valence-corrected chi connectivity index (χ3v) is 3.15. The van der Waals surface area contributed by atoms with Crippen molar-refractivity contribution >= 4 is 33.3 Å². The zero-order valence-electron chi connectivity index (χ0n) is 9.84. The largest absolute Gasteiger partial charge is 0.493 e. The lowest BCUT2D eigenvalue weighted by Crippen LogP contribution is -2.03. The number of ketones is 1. The number of Topliss-reactive ketones (excluding diaryl/α,β-unsaturated/α-hetero) is 1. The van der Waals surface area contributed by atoms with Gasteiger partial charge in [-0.2, -0.15) is 0 Å². The summed E-state index contributed by atoms with van der Waals surface area (Å²) in [5, 5.41) is 1.58. The average Bonchev–Trinajstić information content (AvgIpc) is 2.30. The highest BCUT2D eigenvalue weighted by atomic mass is 79.9. The Hall–Kier alpha value is -0.540. The minimum atomic E-state index is -0.0250. The number of hydrogen-bond donors (Lipinski definition) is 0. The van der Waals surface area contributed by atoms with Crippen LogP contribution in [0.4, 0.5) is 0 Å². The maximum atomic E-state index is 11.4. The van der Waals surface area contributed by atoms with Gasteiger partial charge in [-0.05, 0) is 44.4 Å². The Bertz CT molecular complexity index is 380. The number of carbonyl (C=O) groups excluding carboxylic acids is 1. The third kappa shape index (κ3) is 5.09. The first-order chi connectivity index (χ1) is 8.15. The molecule has 0 radical (unpaired) electrons. The zero-order valence-corrected chi connectivity index (χ0v) is 12.2. The third-order valence-electron chi connectivity index (χ3n) is 2.36. The van der Waals surface area contributed by atoms with E-state index in [1.807, 2.05) is 0 Å². The summed E-state index contributed by atoms with van der Waals surface area (Å²) in [6, 6.07) is 5.14. The van der Waals surface area contributed by atoms with Gasteiger partial charge in [-0.3, -0.25) is 4.79 Å². The first kappa shape index (κ1) is 14.5. The molecule has 0 unspecified atom stereocenters. The van der Waals surface area contributed by atoms with Crippen LogP contribution in [0.3, 0.4) is 0 Å². The van der Waals surface area contributed by atoms with Crippen LogP contribution in [0, 0.1) is 0 Å². The van der Waals surface area contributed by atoms with Crippen molar-refractivity contribution in [2.45, 2.75) is 26.2 Å². The van der Waals surface area contributed by atoms with E-state index in [1.165, 1.54) is 6.92 Å². The molecule has 0 spiro atoms. The summed E-state index contributed by atoms with van der Waals surface area (Å²) in [5.41, 5.74) is 0.554. The van der Waals surface area contributed by atoms with Gasteiger partial charge < -0.3 is 4.74 Å². The summed E-state index contributed by atoms with van der Waals surface area (Å²) in [5.74, 6) is 0.601. The van der Waals surface area contributed by atoms with Gasteiger partial charge in [0.2, 0.25) is 0 Å². The Morgan fingerprint density at radius 3 is 2.76 bits per heavy atom. The first-order valence-corrected chi connectivity index (χ1v) is 7.14. The Labute approximate surface area is 115 Å². The van der Waals surface area contributed by atoms with Crippen LogP contribution in [0.5, 0.6) is 5.75 Å². The molecule has 0 saturated carbocycles. The second-order valence-electron chi connectivity index (χ2n) is 3.79. The summed E-state index contributed by atoms with van der Waals surface area (Å²) in [4.78, 5) is 11.4. The summed E-state index contributed by atoms with van der Waals surface area (Å²) < 4.78 is 5.61. The highest BCUT2D eigenvalue weighted by molar-refractivity contribution is 9.09. The monoisotopic (exact) mass is 318 g/mol. The molecule has 0 N–H and O–H groups in total. The van der Waals surface area contributed by atoms with Gasteiger partial charge in [0.05, 0.1) is 12.2 Å². The molecule has 0 aliphatic heterocycles. The molecule has 1 rings (SSSR count). The zero-order chi connectivity index (χ0) is 12.7. The van der Waals surface area contributed by atoms with Crippen molar-refractivity contribution in [3.8, 4) is 5.75 Å². The molecule has 0 aliphatic carbocycles. The van der Waals surface area contributed by atoms with Crippen LogP contribution in [0.2, 0.25) is 5.02 Å². The minimum absolute atomic E-state index is 0.0250. The van der Waals surface area contributed by atoms with Crippen LogP contribution >= 0.6 is 27.5 Å². The predicted octanol–water partition coefficient (Wildman–Crippen LogP) is 4.49. The molecule has 2 nitrogen and oxygen atoms in total. The van der Waals surface area contributed by atoms with E-state index in [-0.39, 0.29) is 5.78 Å². The fourth-order valence-electron chi connectivity index (χ4n) is 1.46. The van der Waals surface area contributed by atoms with Crippen LogP contribution in [-0.4, -0.2) is 17.7 Å². The topological polar surface area (TPSA) is 26.3 Å². The van der Waals surface area contributed by atoms with Gasteiger partial charge in [-0.15, -0.1) is 0 Å². The smallest absolute Gasteiger partial charge is 0.163 e. The lowest BCUT2D eigenvalue weighted by atomic mass is 10.1. The van der Waals surface area contributed by atoms with Gasteiger partial charge in [0, 0.05) is 10.4 Å². The SMILES string of the molecule is CC(=O)c1cc(Cl)ccc1OCCCCCBr.